The lowest BCUT2D eigenvalue weighted by Crippen LogP contribution is -2.41. The maximum Gasteiger partial charge on any atom is 0.221 e. The molecule has 6 heteroatoms. The van der Waals surface area contributed by atoms with Crippen molar-refractivity contribution in [3.8, 4) is 5.75 Å². The van der Waals surface area contributed by atoms with Gasteiger partial charge in [-0.1, -0.05) is 12.1 Å². The van der Waals surface area contributed by atoms with E-state index < -0.39 is 0 Å². The van der Waals surface area contributed by atoms with Gasteiger partial charge in [0.1, 0.15) is 12.4 Å². The Morgan fingerprint density at radius 2 is 2.25 bits per heavy atom. The van der Waals surface area contributed by atoms with E-state index in [0.29, 0.717) is 13.2 Å². The minimum absolute atomic E-state index is 0.0999. The molecule has 0 unspecified atom stereocenters. The lowest BCUT2D eigenvalue weighted by molar-refractivity contribution is -0.114. The highest BCUT2D eigenvalue weighted by Crippen LogP contribution is 2.16. The quantitative estimate of drug-likeness (QED) is 0.316. The first kappa shape index (κ1) is 19.5. The van der Waals surface area contributed by atoms with E-state index in [9.17, 15) is 4.79 Å². The Labute approximate surface area is 144 Å². The molecule has 0 atom stereocenters. The number of nitrogens with zero attached hydrogens (tertiary/aromatic N) is 2. The first-order valence-electron chi connectivity index (χ1n) is 8.10. The highest BCUT2D eigenvalue weighted by atomic mass is 16.5. The lowest BCUT2D eigenvalue weighted by atomic mass is 10.3. The number of ether oxygens (including phenoxy) is 1. The molecular formula is C18H28N4O2. The number of nitrogens with one attached hydrogen (secondary N) is 2. The van der Waals surface area contributed by atoms with E-state index in [0.717, 1.165) is 36.8 Å². The van der Waals surface area contributed by atoms with E-state index in [-0.39, 0.29) is 5.91 Å². The normalized spacial score (nSPS) is 10.9. The van der Waals surface area contributed by atoms with E-state index in [1.807, 2.05) is 31.3 Å². The first-order chi connectivity index (χ1) is 11.6. The molecule has 6 nitrogen and oxygen atoms in total. The van der Waals surface area contributed by atoms with Crippen LogP contribution in [0.5, 0.6) is 5.75 Å². The Kier molecular flexibility index (Phi) is 9.04. The number of anilines is 1. The number of amides is 1. The molecule has 24 heavy (non-hydrogen) atoms. The number of carbonyl (C=O) groups excluding carboxylic acids is 1. The second-order valence-corrected chi connectivity index (χ2v) is 5.38. The van der Waals surface area contributed by atoms with Crippen molar-refractivity contribution in [3.05, 3.63) is 36.9 Å². The van der Waals surface area contributed by atoms with Crippen molar-refractivity contribution in [1.29, 1.82) is 0 Å². The minimum Gasteiger partial charge on any atom is -0.492 e. The van der Waals surface area contributed by atoms with Crippen molar-refractivity contribution in [1.82, 2.24) is 10.2 Å². The van der Waals surface area contributed by atoms with Crippen molar-refractivity contribution in [2.75, 3.05) is 39.1 Å². The summed E-state index contributed by atoms with van der Waals surface area (Å²) >= 11 is 0. The van der Waals surface area contributed by atoms with Crippen LogP contribution < -0.4 is 15.4 Å². The summed E-state index contributed by atoms with van der Waals surface area (Å²) in [6.45, 7) is 7.28. The number of aliphatic imine (C=N–C) groups is 1. The molecule has 0 aliphatic rings. The standard InChI is InChI=1S/C18H28N4O2/c1-5-6-7-12-22(4)18(19-3)20-11-13-24-17-10-8-9-16(14-17)21-15(2)23/h5,8-10,14H,1,6-7,11-13H2,2-4H3,(H,19,20)(H,21,23). The van der Waals surface area contributed by atoms with Gasteiger partial charge < -0.3 is 20.3 Å². The van der Waals surface area contributed by atoms with Gasteiger partial charge in [0.15, 0.2) is 5.96 Å². The van der Waals surface area contributed by atoms with Crippen molar-refractivity contribution in [3.63, 3.8) is 0 Å². The molecule has 0 aromatic heterocycles. The Balaban J connectivity index is 2.36. The zero-order valence-corrected chi connectivity index (χ0v) is 14.8. The molecule has 0 saturated heterocycles. The Morgan fingerprint density at radius 3 is 2.92 bits per heavy atom. The molecule has 2 N–H and O–H groups in total. The number of unbranched alkanes of at least 4 members (excludes halogenated alkanes) is 1. The SMILES string of the molecule is C=CCCCN(C)C(=NC)NCCOc1cccc(NC(C)=O)c1. The number of rotatable bonds is 9. The molecule has 0 radical (unpaired) electrons. The van der Waals surface area contributed by atoms with Gasteiger partial charge in [-0.15, -0.1) is 6.58 Å². The maximum absolute atomic E-state index is 11.1. The Bertz CT molecular complexity index is 558. The third-order valence-electron chi connectivity index (χ3n) is 3.28. The van der Waals surface area contributed by atoms with Gasteiger partial charge >= 0.3 is 0 Å². The van der Waals surface area contributed by atoms with Gasteiger partial charge in [0, 0.05) is 39.3 Å². The summed E-state index contributed by atoms with van der Waals surface area (Å²) in [6, 6.07) is 7.34. The number of allylic oxidation sites excluding steroid dienone is 1. The lowest BCUT2D eigenvalue weighted by Gasteiger charge is -2.21. The number of carbonyl (C=O) groups is 1. The van der Waals surface area contributed by atoms with Crippen molar-refractivity contribution in [2.45, 2.75) is 19.8 Å². The predicted molar refractivity (Wildman–Crippen MR) is 99.7 cm³/mol. The van der Waals surface area contributed by atoms with Gasteiger partial charge in [0.05, 0.1) is 6.54 Å². The molecule has 0 fully saturated rings. The van der Waals surface area contributed by atoms with E-state index in [4.69, 9.17) is 4.74 Å². The molecular weight excluding hydrogens is 304 g/mol. The summed E-state index contributed by atoms with van der Waals surface area (Å²) in [5.74, 6) is 1.46. The molecule has 1 rings (SSSR count). The van der Waals surface area contributed by atoms with E-state index in [1.165, 1.54) is 6.92 Å². The van der Waals surface area contributed by atoms with Gasteiger partial charge in [0.25, 0.3) is 0 Å². The molecule has 132 valence electrons. The fraction of sp³-hybridized carbons (Fsp3) is 0.444. The largest absolute Gasteiger partial charge is 0.492 e. The van der Waals surface area contributed by atoms with Gasteiger partial charge in [-0.3, -0.25) is 9.79 Å². The Morgan fingerprint density at radius 1 is 1.46 bits per heavy atom. The molecule has 0 spiro atoms. The summed E-state index contributed by atoms with van der Waals surface area (Å²) in [4.78, 5) is 17.4. The fourth-order valence-electron chi connectivity index (χ4n) is 2.16. The average Bonchev–Trinajstić information content (AvgIpc) is 2.55. The number of hydrogen-bond acceptors (Lipinski definition) is 3. The minimum atomic E-state index is -0.0999. The van der Waals surface area contributed by atoms with Crippen LogP contribution in [-0.4, -0.2) is 50.6 Å². The van der Waals surface area contributed by atoms with Crippen LogP contribution in [0.25, 0.3) is 0 Å². The number of guanidine groups is 1. The monoisotopic (exact) mass is 332 g/mol. The first-order valence-corrected chi connectivity index (χ1v) is 8.10. The molecule has 0 bridgehead atoms. The molecule has 0 aliphatic carbocycles. The van der Waals surface area contributed by atoms with Crippen LogP contribution in [0.2, 0.25) is 0 Å². The van der Waals surface area contributed by atoms with Crippen molar-refractivity contribution >= 4 is 17.6 Å². The van der Waals surface area contributed by atoms with Crippen molar-refractivity contribution < 1.29 is 9.53 Å². The van der Waals surface area contributed by atoms with Crippen LogP contribution in [0, 0.1) is 0 Å². The number of benzene rings is 1. The van der Waals surface area contributed by atoms with Crippen LogP contribution in [0.3, 0.4) is 0 Å². The third-order valence-corrected chi connectivity index (χ3v) is 3.28. The Hall–Kier alpha value is -2.50. The van der Waals surface area contributed by atoms with Crippen LogP contribution in [0.4, 0.5) is 5.69 Å². The second kappa shape index (κ2) is 11.1. The highest BCUT2D eigenvalue weighted by Gasteiger charge is 2.04. The van der Waals surface area contributed by atoms with Gasteiger partial charge in [-0.25, -0.2) is 0 Å². The van der Waals surface area contributed by atoms with Crippen LogP contribution in [-0.2, 0) is 4.79 Å². The zero-order chi connectivity index (χ0) is 17.8. The molecule has 1 aromatic carbocycles. The number of hydrogen-bond donors (Lipinski definition) is 2. The summed E-state index contributed by atoms with van der Waals surface area (Å²) in [5, 5.41) is 6.00. The molecule has 0 saturated carbocycles. The predicted octanol–water partition coefficient (Wildman–Crippen LogP) is 2.50. The summed E-state index contributed by atoms with van der Waals surface area (Å²) in [5.41, 5.74) is 0.728. The highest BCUT2D eigenvalue weighted by molar-refractivity contribution is 5.88. The molecule has 1 aromatic rings. The fourth-order valence-corrected chi connectivity index (χ4v) is 2.16. The zero-order valence-electron chi connectivity index (χ0n) is 14.8. The topological polar surface area (TPSA) is 66.0 Å². The van der Waals surface area contributed by atoms with E-state index in [1.54, 1.807) is 13.1 Å². The van der Waals surface area contributed by atoms with E-state index >= 15 is 0 Å². The van der Waals surface area contributed by atoms with Crippen LogP contribution >= 0.6 is 0 Å². The van der Waals surface area contributed by atoms with Gasteiger partial charge in [-0.2, -0.15) is 0 Å². The molecule has 0 heterocycles. The molecule has 0 aliphatic heterocycles. The summed E-state index contributed by atoms with van der Waals surface area (Å²) < 4.78 is 5.70. The van der Waals surface area contributed by atoms with Gasteiger partial charge in [0.2, 0.25) is 5.91 Å². The van der Waals surface area contributed by atoms with Crippen LogP contribution in [0.15, 0.2) is 41.9 Å². The van der Waals surface area contributed by atoms with Gasteiger partial charge in [-0.05, 0) is 25.0 Å². The third kappa shape index (κ3) is 7.67. The average molecular weight is 332 g/mol. The molecule has 1 amide bonds. The summed E-state index contributed by atoms with van der Waals surface area (Å²) in [7, 11) is 3.78. The smallest absolute Gasteiger partial charge is 0.221 e. The maximum atomic E-state index is 11.1. The van der Waals surface area contributed by atoms with Crippen LogP contribution in [0.1, 0.15) is 19.8 Å². The second-order valence-electron chi connectivity index (χ2n) is 5.38. The summed E-state index contributed by atoms with van der Waals surface area (Å²) in [6.07, 6.45) is 3.97. The van der Waals surface area contributed by atoms with E-state index in [2.05, 4.69) is 27.1 Å². The van der Waals surface area contributed by atoms with Crippen molar-refractivity contribution in [2.24, 2.45) is 4.99 Å².